The Labute approximate surface area is 107 Å². The molecular formula is C15H29NO. The van der Waals surface area contributed by atoms with Gasteiger partial charge in [0, 0.05) is 24.4 Å². The summed E-state index contributed by atoms with van der Waals surface area (Å²) in [5, 5.41) is 3.39. The van der Waals surface area contributed by atoms with Crippen LogP contribution in [0.4, 0.5) is 0 Å². The molecular weight excluding hydrogens is 210 g/mol. The van der Waals surface area contributed by atoms with Gasteiger partial charge in [-0.2, -0.15) is 0 Å². The summed E-state index contributed by atoms with van der Waals surface area (Å²) in [6.07, 6.45) is 4.21. The van der Waals surface area contributed by atoms with Crippen LogP contribution in [0.5, 0.6) is 0 Å². The fourth-order valence-corrected chi connectivity index (χ4v) is 2.97. The van der Waals surface area contributed by atoms with Gasteiger partial charge in [-0.15, -0.1) is 0 Å². The molecule has 0 bridgehead atoms. The summed E-state index contributed by atoms with van der Waals surface area (Å²) in [5.74, 6) is 2.25. The van der Waals surface area contributed by atoms with Crippen LogP contribution in [0.25, 0.3) is 0 Å². The van der Waals surface area contributed by atoms with Crippen LogP contribution in [0.3, 0.4) is 0 Å². The summed E-state index contributed by atoms with van der Waals surface area (Å²) in [4.78, 5) is 12.1. The highest BCUT2D eigenvalue weighted by atomic mass is 16.1. The zero-order chi connectivity index (χ0) is 13.1. The maximum Gasteiger partial charge on any atom is 0.137 e. The first-order valence-electron chi connectivity index (χ1n) is 7.05. The van der Waals surface area contributed by atoms with Gasteiger partial charge in [0.1, 0.15) is 5.78 Å². The van der Waals surface area contributed by atoms with Gasteiger partial charge in [0.05, 0.1) is 0 Å². The molecule has 0 aromatic rings. The summed E-state index contributed by atoms with van der Waals surface area (Å²) in [5.41, 5.74) is 0.118. The average Bonchev–Trinajstić information content (AvgIpc) is 2.13. The van der Waals surface area contributed by atoms with E-state index < -0.39 is 0 Å². The highest BCUT2D eigenvalue weighted by molar-refractivity contribution is 5.81. The third-order valence-electron chi connectivity index (χ3n) is 3.66. The van der Waals surface area contributed by atoms with Crippen molar-refractivity contribution in [3.05, 3.63) is 0 Å². The minimum Gasteiger partial charge on any atom is -0.312 e. The van der Waals surface area contributed by atoms with Crippen molar-refractivity contribution in [2.45, 2.75) is 65.8 Å². The minimum absolute atomic E-state index is 0.118. The van der Waals surface area contributed by atoms with E-state index >= 15 is 0 Å². The summed E-state index contributed by atoms with van der Waals surface area (Å²) < 4.78 is 0. The molecule has 0 amide bonds. The lowest BCUT2D eigenvalue weighted by Gasteiger charge is -2.30. The van der Waals surface area contributed by atoms with E-state index in [9.17, 15) is 4.79 Å². The monoisotopic (exact) mass is 239 g/mol. The molecule has 2 atom stereocenters. The Morgan fingerprint density at radius 3 is 2.12 bits per heavy atom. The van der Waals surface area contributed by atoms with Crippen LogP contribution in [0.2, 0.25) is 0 Å². The Kier molecular flexibility index (Phi) is 5.18. The number of carbonyl (C=O) groups excluding carboxylic acids is 1. The van der Waals surface area contributed by atoms with Crippen molar-refractivity contribution in [2.24, 2.45) is 17.8 Å². The molecule has 17 heavy (non-hydrogen) atoms. The van der Waals surface area contributed by atoms with Crippen molar-refractivity contribution in [1.82, 2.24) is 5.32 Å². The fraction of sp³-hybridized carbons (Fsp3) is 0.933. The van der Waals surface area contributed by atoms with E-state index in [1.165, 1.54) is 6.42 Å². The molecule has 1 fully saturated rings. The lowest BCUT2D eigenvalue weighted by molar-refractivity contribution is -0.124. The summed E-state index contributed by atoms with van der Waals surface area (Å²) in [6.45, 7) is 11.8. The predicted molar refractivity (Wildman–Crippen MR) is 73.0 cm³/mol. The maximum absolute atomic E-state index is 12.1. The molecule has 2 heteroatoms. The zero-order valence-corrected chi connectivity index (χ0v) is 12.2. The number of carbonyl (C=O) groups is 1. The molecule has 0 aromatic heterocycles. The minimum atomic E-state index is 0.118. The highest BCUT2D eigenvalue weighted by Gasteiger charge is 2.28. The van der Waals surface area contributed by atoms with Gasteiger partial charge in [0.15, 0.2) is 0 Å². The Morgan fingerprint density at radius 1 is 1.12 bits per heavy atom. The van der Waals surface area contributed by atoms with Crippen LogP contribution < -0.4 is 5.32 Å². The molecule has 0 saturated heterocycles. The van der Waals surface area contributed by atoms with E-state index in [4.69, 9.17) is 0 Å². The van der Waals surface area contributed by atoms with Crippen molar-refractivity contribution in [3.63, 3.8) is 0 Å². The quantitative estimate of drug-likeness (QED) is 0.814. The number of ketones is 1. The normalized spacial score (nSPS) is 30.3. The Morgan fingerprint density at radius 2 is 1.65 bits per heavy atom. The average molecular weight is 239 g/mol. The first-order valence-corrected chi connectivity index (χ1v) is 7.05. The van der Waals surface area contributed by atoms with Gasteiger partial charge in [0.2, 0.25) is 0 Å². The van der Waals surface area contributed by atoms with Gasteiger partial charge in [0.25, 0.3) is 0 Å². The predicted octanol–water partition coefficient (Wildman–Crippen LogP) is 3.41. The van der Waals surface area contributed by atoms with E-state index in [1.54, 1.807) is 0 Å². The lowest BCUT2D eigenvalue weighted by Crippen LogP contribution is -2.38. The third kappa shape index (κ3) is 5.67. The largest absolute Gasteiger partial charge is 0.312 e. The van der Waals surface area contributed by atoms with Crippen LogP contribution in [-0.2, 0) is 4.79 Å². The Hall–Kier alpha value is -0.370. The first-order chi connectivity index (χ1) is 7.78. The Bertz CT molecular complexity index is 244. The second-order valence-corrected chi connectivity index (χ2v) is 7.01. The molecule has 1 aliphatic carbocycles. The number of Topliss-reactive ketones (excluding diaryl/α,β-unsaturated/α-hetero) is 1. The highest BCUT2D eigenvalue weighted by Crippen LogP contribution is 2.33. The summed E-state index contributed by atoms with van der Waals surface area (Å²) in [7, 11) is 0. The van der Waals surface area contributed by atoms with Crippen LogP contribution in [0.15, 0.2) is 0 Å². The SMILES string of the molecule is CC1CC(C)CC(C(=O)CCNC(C)(C)C)C1. The van der Waals surface area contributed by atoms with E-state index in [-0.39, 0.29) is 5.54 Å². The smallest absolute Gasteiger partial charge is 0.137 e. The molecule has 0 aliphatic heterocycles. The Balaban J connectivity index is 2.32. The number of hydrogen-bond donors (Lipinski definition) is 1. The van der Waals surface area contributed by atoms with Crippen molar-refractivity contribution in [1.29, 1.82) is 0 Å². The molecule has 2 unspecified atom stereocenters. The van der Waals surface area contributed by atoms with Gasteiger partial charge in [-0.25, -0.2) is 0 Å². The molecule has 2 nitrogen and oxygen atoms in total. The van der Waals surface area contributed by atoms with Crippen LogP contribution in [-0.4, -0.2) is 17.9 Å². The maximum atomic E-state index is 12.1. The molecule has 1 saturated carbocycles. The fourth-order valence-electron chi connectivity index (χ4n) is 2.97. The molecule has 100 valence electrons. The van der Waals surface area contributed by atoms with Crippen LogP contribution in [0.1, 0.15) is 60.3 Å². The molecule has 0 heterocycles. The molecule has 1 N–H and O–H groups in total. The van der Waals surface area contributed by atoms with Crippen molar-refractivity contribution in [2.75, 3.05) is 6.54 Å². The van der Waals surface area contributed by atoms with Crippen LogP contribution in [0, 0.1) is 17.8 Å². The zero-order valence-electron chi connectivity index (χ0n) is 12.2. The van der Waals surface area contributed by atoms with Gasteiger partial charge in [-0.1, -0.05) is 13.8 Å². The van der Waals surface area contributed by atoms with Crippen LogP contribution >= 0.6 is 0 Å². The van der Waals surface area contributed by atoms with Gasteiger partial charge in [-0.05, 0) is 51.9 Å². The standard InChI is InChI=1S/C15H29NO/c1-11-8-12(2)10-13(9-11)14(17)6-7-16-15(3,4)5/h11-13,16H,6-10H2,1-5H3. The first kappa shape index (κ1) is 14.7. The lowest BCUT2D eigenvalue weighted by atomic mass is 9.74. The number of hydrogen-bond acceptors (Lipinski definition) is 2. The van der Waals surface area contributed by atoms with Gasteiger partial charge in [-0.3, -0.25) is 4.79 Å². The van der Waals surface area contributed by atoms with Crippen molar-refractivity contribution < 1.29 is 4.79 Å². The van der Waals surface area contributed by atoms with E-state index in [2.05, 4.69) is 39.9 Å². The summed E-state index contributed by atoms with van der Waals surface area (Å²) in [6, 6.07) is 0. The van der Waals surface area contributed by atoms with E-state index in [1.807, 2.05) is 0 Å². The molecule has 1 rings (SSSR count). The molecule has 0 aromatic carbocycles. The van der Waals surface area contributed by atoms with Crippen molar-refractivity contribution >= 4 is 5.78 Å². The topological polar surface area (TPSA) is 29.1 Å². The number of nitrogens with one attached hydrogen (secondary N) is 1. The second kappa shape index (κ2) is 5.99. The summed E-state index contributed by atoms with van der Waals surface area (Å²) >= 11 is 0. The molecule has 1 aliphatic rings. The third-order valence-corrected chi connectivity index (χ3v) is 3.66. The van der Waals surface area contributed by atoms with Gasteiger partial charge < -0.3 is 5.32 Å². The van der Waals surface area contributed by atoms with E-state index in [0.29, 0.717) is 18.1 Å². The second-order valence-electron chi connectivity index (χ2n) is 7.01. The molecule has 0 radical (unpaired) electrons. The molecule has 0 spiro atoms. The van der Waals surface area contributed by atoms with Gasteiger partial charge >= 0.3 is 0 Å². The number of rotatable bonds is 4. The van der Waals surface area contributed by atoms with Crippen molar-refractivity contribution in [3.8, 4) is 0 Å². The van der Waals surface area contributed by atoms with E-state index in [0.717, 1.165) is 31.2 Å².